The van der Waals surface area contributed by atoms with Gasteiger partial charge in [0.2, 0.25) is 0 Å². The molecule has 0 saturated carbocycles. The maximum atomic E-state index is 12.4. The molecule has 1 aliphatic rings. The minimum absolute atomic E-state index is 0.0827. The summed E-state index contributed by atoms with van der Waals surface area (Å²) in [5.41, 5.74) is 1.88. The first-order valence-electron chi connectivity index (χ1n) is 9.17. The summed E-state index contributed by atoms with van der Waals surface area (Å²) in [6.45, 7) is 6.68. The zero-order chi connectivity index (χ0) is 17.6. The fourth-order valence-corrected chi connectivity index (χ4v) is 3.25. The van der Waals surface area contributed by atoms with Gasteiger partial charge in [0.05, 0.1) is 6.54 Å². The van der Waals surface area contributed by atoms with Crippen molar-refractivity contribution in [3.05, 3.63) is 42.0 Å². The topological polar surface area (TPSA) is 63.1 Å². The monoisotopic (exact) mass is 341 g/mol. The third-order valence-electron chi connectivity index (χ3n) is 4.64. The van der Waals surface area contributed by atoms with Crippen LogP contribution in [0.1, 0.15) is 61.8 Å². The number of hydrogen-bond acceptors (Lipinski definition) is 4. The summed E-state index contributed by atoms with van der Waals surface area (Å²) in [5, 5.41) is 7.12. The average Bonchev–Trinajstić information content (AvgIpc) is 2.93. The first-order chi connectivity index (χ1) is 12.1. The predicted molar refractivity (Wildman–Crippen MR) is 98.7 cm³/mol. The van der Waals surface area contributed by atoms with Gasteiger partial charge in [0, 0.05) is 30.4 Å². The van der Waals surface area contributed by atoms with Crippen molar-refractivity contribution in [1.29, 1.82) is 0 Å². The Balaban J connectivity index is 1.59. The number of rotatable bonds is 5. The van der Waals surface area contributed by atoms with E-state index in [-0.39, 0.29) is 11.9 Å². The van der Waals surface area contributed by atoms with Crippen LogP contribution in [0.4, 0.5) is 5.69 Å². The van der Waals surface area contributed by atoms with Crippen molar-refractivity contribution in [3.8, 4) is 0 Å². The number of nitrogens with zero attached hydrogens (tertiary/aromatic N) is 4. The third-order valence-corrected chi connectivity index (χ3v) is 4.64. The number of benzene rings is 1. The van der Waals surface area contributed by atoms with Crippen LogP contribution in [-0.2, 0) is 6.54 Å². The quantitative estimate of drug-likeness (QED) is 0.907. The van der Waals surface area contributed by atoms with Crippen LogP contribution in [0.25, 0.3) is 0 Å². The number of carbonyl (C=O) groups is 1. The van der Waals surface area contributed by atoms with Gasteiger partial charge in [-0.25, -0.2) is 9.67 Å². The highest BCUT2D eigenvalue weighted by atomic mass is 16.1. The first-order valence-corrected chi connectivity index (χ1v) is 9.17. The molecule has 6 heteroatoms. The van der Waals surface area contributed by atoms with Gasteiger partial charge in [-0.3, -0.25) is 4.79 Å². The lowest BCUT2D eigenvalue weighted by Gasteiger charge is -2.22. The first kappa shape index (κ1) is 17.5. The van der Waals surface area contributed by atoms with Crippen molar-refractivity contribution in [2.24, 2.45) is 0 Å². The lowest BCUT2D eigenvalue weighted by molar-refractivity contribution is 0.0949. The Kier molecular flexibility index (Phi) is 5.68. The SMILES string of the molecule is CC(C)n1ncnc1CNC(=O)c1ccc(N2CCCCCC2)cc1. The summed E-state index contributed by atoms with van der Waals surface area (Å²) in [4.78, 5) is 19.0. The van der Waals surface area contributed by atoms with Crippen LogP contribution in [0.3, 0.4) is 0 Å². The molecule has 25 heavy (non-hydrogen) atoms. The van der Waals surface area contributed by atoms with Gasteiger partial charge in [-0.05, 0) is 51.0 Å². The van der Waals surface area contributed by atoms with Crippen LogP contribution >= 0.6 is 0 Å². The normalized spacial score (nSPS) is 15.2. The zero-order valence-electron chi connectivity index (χ0n) is 15.1. The highest BCUT2D eigenvalue weighted by Gasteiger charge is 2.13. The lowest BCUT2D eigenvalue weighted by atomic mass is 10.1. The molecular weight excluding hydrogens is 314 g/mol. The van der Waals surface area contributed by atoms with Gasteiger partial charge < -0.3 is 10.2 Å². The second-order valence-electron chi connectivity index (χ2n) is 6.85. The number of aromatic nitrogens is 3. The molecule has 3 rings (SSSR count). The van der Waals surface area contributed by atoms with Gasteiger partial charge in [0.25, 0.3) is 5.91 Å². The minimum atomic E-state index is -0.0827. The van der Waals surface area contributed by atoms with Crippen LogP contribution < -0.4 is 10.2 Å². The van der Waals surface area contributed by atoms with Crippen molar-refractivity contribution in [2.75, 3.05) is 18.0 Å². The van der Waals surface area contributed by atoms with Gasteiger partial charge in [-0.2, -0.15) is 5.10 Å². The molecular formula is C19H27N5O. The highest BCUT2D eigenvalue weighted by molar-refractivity contribution is 5.94. The van der Waals surface area contributed by atoms with Gasteiger partial charge >= 0.3 is 0 Å². The maximum Gasteiger partial charge on any atom is 0.251 e. The summed E-state index contributed by atoms with van der Waals surface area (Å²) in [6.07, 6.45) is 6.66. The van der Waals surface area contributed by atoms with Crippen molar-refractivity contribution < 1.29 is 4.79 Å². The molecule has 0 radical (unpaired) electrons. The van der Waals surface area contributed by atoms with E-state index < -0.39 is 0 Å². The fraction of sp³-hybridized carbons (Fsp3) is 0.526. The Labute approximate surface area is 149 Å². The molecule has 0 bridgehead atoms. The molecule has 0 spiro atoms. The van der Waals surface area contributed by atoms with Gasteiger partial charge in [-0.15, -0.1) is 0 Å². The van der Waals surface area contributed by atoms with E-state index in [0.717, 1.165) is 18.9 Å². The summed E-state index contributed by atoms with van der Waals surface area (Å²) in [6, 6.07) is 8.14. The zero-order valence-corrected chi connectivity index (χ0v) is 15.1. The fourth-order valence-electron chi connectivity index (χ4n) is 3.25. The summed E-state index contributed by atoms with van der Waals surface area (Å²) >= 11 is 0. The molecule has 134 valence electrons. The summed E-state index contributed by atoms with van der Waals surface area (Å²) in [7, 11) is 0. The molecule has 1 amide bonds. The smallest absolute Gasteiger partial charge is 0.251 e. The van der Waals surface area contributed by atoms with Crippen molar-refractivity contribution in [1.82, 2.24) is 20.1 Å². The molecule has 2 heterocycles. The molecule has 0 aliphatic carbocycles. The number of nitrogens with one attached hydrogen (secondary N) is 1. The summed E-state index contributed by atoms with van der Waals surface area (Å²) < 4.78 is 1.82. The Morgan fingerprint density at radius 3 is 2.44 bits per heavy atom. The van der Waals surface area contributed by atoms with E-state index in [1.54, 1.807) is 0 Å². The number of carbonyl (C=O) groups excluding carboxylic acids is 1. The van der Waals surface area contributed by atoms with E-state index in [1.807, 2.05) is 30.7 Å². The molecule has 1 saturated heterocycles. The molecule has 0 unspecified atom stereocenters. The maximum absolute atomic E-state index is 12.4. The Morgan fingerprint density at radius 1 is 1.12 bits per heavy atom. The predicted octanol–water partition coefficient (Wildman–Crippen LogP) is 3.17. The van der Waals surface area contributed by atoms with Crippen LogP contribution in [-0.4, -0.2) is 33.8 Å². The number of amides is 1. The molecule has 1 aromatic carbocycles. The van der Waals surface area contributed by atoms with E-state index in [1.165, 1.54) is 37.7 Å². The molecule has 1 aliphatic heterocycles. The standard InChI is InChI=1S/C19H27N5O/c1-15(2)24-18(21-14-22-24)13-20-19(25)16-7-9-17(10-8-16)23-11-5-3-4-6-12-23/h7-10,14-15H,3-6,11-13H2,1-2H3,(H,20,25). The van der Waals surface area contributed by atoms with E-state index in [4.69, 9.17) is 0 Å². The highest BCUT2D eigenvalue weighted by Crippen LogP contribution is 2.20. The van der Waals surface area contributed by atoms with Gasteiger partial charge in [-0.1, -0.05) is 12.8 Å². The lowest BCUT2D eigenvalue weighted by Crippen LogP contribution is -2.26. The Hall–Kier alpha value is -2.37. The summed E-state index contributed by atoms with van der Waals surface area (Å²) in [5.74, 6) is 0.685. The molecule has 6 nitrogen and oxygen atoms in total. The molecule has 0 atom stereocenters. The van der Waals surface area contributed by atoms with Crippen molar-refractivity contribution in [3.63, 3.8) is 0 Å². The van der Waals surface area contributed by atoms with Crippen LogP contribution in [0, 0.1) is 0 Å². The Morgan fingerprint density at radius 2 is 1.80 bits per heavy atom. The van der Waals surface area contributed by atoms with Crippen LogP contribution in [0.5, 0.6) is 0 Å². The van der Waals surface area contributed by atoms with E-state index in [0.29, 0.717) is 12.1 Å². The van der Waals surface area contributed by atoms with Crippen molar-refractivity contribution in [2.45, 2.75) is 52.1 Å². The van der Waals surface area contributed by atoms with Gasteiger partial charge in [0.15, 0.2) is 0 Å². The molecule has 1 fully saturated rings. The molecule has 1 N–H and O–H groups in total. The van der Waals surface area contributed by atoms with E-state index in [2.05, 4.69) is 32.4 Å². The number of hydrogen-bond donors (Lipinski definition) is 1. The van der Waals surface area contributed by atoms with Gasteiger partial charge in [0.1, 0.15) is 12.2 Å². The second kappa shape index (κ2) is 8.14. The Bertz CT molecular complexity index is 684. The van der Waals surface area contributed by atoms with Crippen LogP contribution in [0.2, 0.25) is 0 Å². The van der Waals surface area contributed by atoms with Crippen LogP contribution in [0.15, 0.2) is 30.6 Å². The largest absolute Gasteiger partial charge is 0.372 e. The number of anilines is 1. The third kappa shape index (κ3) is 4.38. The molecule has 1 aromatic heterocycles. The minimum Gasteiger partial charge on any atom is -0.372 e. The van der Waals surface area contributed by atoms with Crippen molar-refractivity contribution >= 4 is 11.6 Å². The average molecular weight is 341 g/mol. The van der Waals surface area contributed by atoms with E-state index >= 15 is 0 Å². The van der Waals surface area contributed by atoms with E-state index in [9.17, 15) is 4.79 Å². The molecule has 2 aromatic rings. The second-order valence-corrected chi connectivity index (χ2v) is 6.85.